The molecule has 1 aromatic carbocycles. The average Bonchev–Trinajstić information content (AvgIpc) is 2.83. The number of amides is 1. The number of carbonyl (C=O) groups is 1. The van der Waals surface area contributed by atoms with Gasteiger partial charge in [0.05, 0.1) is 24.1 Å². The second kappa shape index (κ2) is 10.5. The van der Waals surface area contributed by atoms with E-state index in [2.05, 4.69) is 20.9 Å². The van der Waals surface area contributed by atoms with E-state index in [0.717, 1.165) is 54.9 Å². The van der Waals surface area contributed by atoms with Gasteiger partial charge in [-0.3, -0.25) is 14.5 Å². The highest BCUT2D eigenvalue weighted by Gasteiger charge is 2.24. The van der Waals surface area contributed by atoms with Crippen LogP contribution in [0.2, 0.25) is 0 Å². The van der Waals surface area contributed by atoms with Crippen LogP contribution in [0.25, 0.3) is 0 Å². The zero-order valence-corrected chi connectivity index (χ0v) is 19.7. The molecular formula is C24H32N4O3S. The quantitative estimate of drug-likeness (QED) is 0.509. The third kappa shape index (κ3) is 5.35. The van der Waals surface area contributed by atoms with Gasteiger partial charge >= 0.3 is 0 Å². The molecule has 0 bridgehead atoms. The molecule has 1 aliphatic carbocycles. The summed E-state index contributed by atoms with van der Waals surface area (Å²) in [6.07, 6.45) is 6.56. The number of rotatable bonds is 7. The molecule has 0 atom stereocenters. The molecule has 1 fully saturated rings. The Morgan fingerprint density at radius 1 is 1.28 bits per heavy atom. The fourth-order valence-electron chi connectivity index (χ4n) is 4.64. The number of thioether (sulfide) groups is 1. The molecular weight excluding hydrogens is 424 g/mol. The van der Waals surface area contributed by atoms with Crippen LogP contribution in [0.3, 0.4) is 0 Å². The van der Waals surface area contributed by atoms with Gasteiger partial charge in [0.25, 0.3) is 5.56 Å². The van der Waals surface area contributed by atoms with E-state index in [-0.39, 0.29) is 11.5 Å². The first-order chi connectivity index (χ1) is 15.5. The van der Waals surface area contributed by atoms with E-state index in [1.165, 1.54) is 31.0 Å². The molecule has 172 valence electrons. The summed E-state index contributed by atoms with van der Waals surface area (Å²) in [5.74, 6) is 1.26. The number of para-hydroxylation sites is 1. The zero-order valence-electron chi connectivity index (χ0n) is 18.9. The fourth-order valence-corrected chi connectivity index (χ4v) is 5.44. The molecule has 2 aliphatic rings. The second-order valence-electron chi connectivity index (χ2n) is 8.65. The van der Waals surface area contributed by atoms with Crippen LogP contribution in [-0.4, -0.2) is 58.2 Å². The first kappa shape index (κ1) is 22.9. The Morgan fingerprint density at radius 2 is 2.06 bits per heavy atom. The lowest BCUT2D eigenvalue weighted by atomic mass is 9.94. The molecule has 1 N–H and O–H groups in total. The average molecular weight is 457 g/mol. The molecule has 2 aromatic rings. The molecule has 0 saturated heterocycles. The van der Waals surface area contributed by atoms with Crippen molar-refractivity contribution in [3.05, 3.63) is 51.4 Å². The topological polar surface area (TPSA) is 78.5 Å². The van der Waals surface area contributed by atoms with Crippen LogP contribution in [0.15, 0.2) is 34.2 Å². The molecule has 0 radical (unpaired) electrons. The van der Waals surface area contributed by atoms with E-state index < -0.39 is 0 Å². The van der Waals surface area contributed by atoms with Gasteiger partial charge in [-0.2, -0.15) is 0 Å². The molecule has 1 amide bonds. The SMILES string of the molecule is COc1ccccc1CN1CCc2nc(SCC(=O)N(C)C3CCCCC3)[nH]c(=O)c2C1. The Kier molecular flexibility index (Phi) is 7.52. The number of aromatic amines is 1. The van der Waals surface area contributed by atoms with Crippen molar-refractivity contribution in [2.75, 3.05) is 26.5 Å². The lowest BCUT2D eigenvalue weighted by molar-refractivity contribution is -0.129. The van der Waals surface area contributed by atoms with Gasteiger partial charge < -0.3 is 14.6 Å². The molecule has 0 spiro atoms. The first-order valence-electron chi connectivity index (χ1n) is 11.4. The van der Waals surface area contributed by atoms with E-state index in [4.69, 9.17) is 4.74 Å². The number of carbonyl (C=O) groups excluding carboxylic acids is 1. The highest BCUT2D eigenvalue weighted by atomic mass is 32.2. The van der Waals surface area contributed by atoms with Crippen LogP contribution in [0.5, 0.6) is 5.75 Å². The van der Waals surface area contributed by atoms with Crippen LogP contribution in [0.4, 0.5) is 0 Å². The third-order valence-corrected chi connectivity index (χ3v) is 7.42. The normalized spacial score (nSPS) is 17.1. The van der Waals surface area contributed by atoms with Crippen LogP contribution in [0, 0.1) is 0 Å². The maximum atomic E-state index is 12.8. The Hall–Kier alpha value is -2.32. The number of hydrogen-bond donors (Lipinski definition) is 1. The first-order valence-corrected chi connectivity index (χ1v) is 12.4. The van der Waals surface area contributed by atoms with E-state index in [1.807, 2.05) is 30.1 Å². The smallest absolute Gasteiger partial charge is 0.256 e. The number of aromatic nitrogens is 2. The van der Waals surface area contributed by atoms with Crippen molar-refractivity contribution in [3.63, 3.8) is 0 Å². The van der Waals surface area contributed by atoms with Gasteiger partial charge in [-0.05, 0) is 18.9 Å². The van der Waals surface area contributed by atoms with Crippen molar-refractivity contribution in [2.45, 2.75) is 62.8 Å². The van der Waals surface area contributed by atoms with Crippen molar-refractivity contribution in [1.29, 1.82) is 0 Å². The summed E-state index contributed by atoms with van der Waals surface area (Å²) in [6, 6.07) is 8.32. The van der Waals surface area contributed by atoms with Gasteiger partial charge in [0.2, 0.25) is 5.91 Å². The summed E-state index contributed by atoms with van der Waals surface area (Å²) in [5.41, 5.74) is 2.58. The van der Waals surface area contributed by atoms with Crippen molar-refractivity contribution in [1.82, 2.24) is 19.8 Å². The molecule has 4 rings (SSSR count). The number of nitrogens with one attached hydrogen (secondary N) is 1. The van der Waals surface area contributed by atoms with E-state index >= 15 is 0 Å². The Morgan fingerprint density at radius 3 is 2.84 bits per heavy atom. The summed E-state index contributed by atoms with van der Waals surface area (Å²) in [4.78, 5) is 37.1. The van der Waals surface area contributed by atoms with Gasteiger partial charge in [0.15, 0.2) is 5.16 Å². The number of hydrogen-bond acceptors (Lipinski definition) is 6. The Balaban J connectivity index is 1.37. The standard InChI is InChI=1S/C24H32N4O3S/c1-27(18-9-4-3-5-10-18)22(29)16-32-24-25-20-12-13-28(15-19(20)23(30)26-24)14-17-8-6-7-11-21(17)31-2/h6-8,11,18H,3-5,9-10,12-16H2,1-2H3,(H,25,26,30). The number of fused-ring (bicyclic) bond motifs is 1. The molecule has 1 saturated carbocycles. The van der Waals surface area contributed by atoms with E-state index in [0.29, 0.717) is 23.5 Å². The van der Waals surface area contributed by atoms with Crippen molar-refractivity contribution in [3.8, 4) is 5.75 Å². The van der Waals surface area contributed by atoms with E-state index in [9.17, 15) is 9.59 Å². The predicted molar refractivity (Wildman–Crippen MR) is 126 cm³/mol. The van der Waals surface area contributed by atoms with Crippen LogP contribution in [0.1, 0.15) is 48.9 Å². The predicted octanol–water partition coefficient (Wildman–Crippen LogP) is 3.22. The minimum Gasteiger partial charge on any atom is -0.496 e. The van der Waals surface area contributed by atoms with Crippen molar-refractivity contribution < 1.29 is 9.53 Å². The molecule has 1 aliphatic heterocycles. The van der Waals surface area contributed by atoms with Gasteiger partial charge in [-0.15, -0.1) is 0 Å². The molecule has 7 nitrogen and oxygen atoms in total. The highest BCUT2D eigenvalue weighted by Crippen LogP contribution is 2.25. The molecule has 32 heavy (non-hydrogen) atoms. The zero-order chi connectivity index (χ0) is 22.5. The van der Waals surface area contributed by atoms with E-state index in [1.54, 1.807) is 7.11 Å². The number of benzene rings is 1. The van der Waals surface area contributed by atoms with Crippen molar-refractivity contribution >= 4 is 17.7 Å². The van der Waals surface area contributed by atoms with Gasteiger partial charge in [0.1, 0.15) is 5.75 Å². The molecule has 8 heteroatoms. The second-order valence-corrected chi connectivity index (χ2v) is 9.62. The summed E-state index contributed by atoms with van der Waals surface area (Å²) >= 11 is 1.33. The van der Waals surface area contributed by atoms with Crippen LogP contribution < -0.4 is 10.3 Å². The number of methoxy groups -OCH3 is 1. The lowest BCUT2D eigenvalue weighted by Gasteiger charge is -2.31. The minimum absolute atomic E-state index is 0.102. The summed E-state index contributed by atoms with van der Waals surface area (Å²) in [7, 11) is 3.58. The Bertz CT molecular complexity index is 1000. The monoisotopic (exact) mass is 456 g/mol. The van der Waals surface area contributed by atoms with Crippen molar-refractivity contribution in [2.24, 2.45) is 0 Å². The van der Waals surface area contributed by atoms with Gasteiger partial charge in [-0.25, -0.2) is 4.98 Å². The van der Waals surface area contributed by atoms with Crippen LogP contribution in [-0.2, 0) is 24.3 Å². The molecule has 0 unspecified atom stereocenters. The van der Waals surface area contributed by atoms with Gasteiger partial charge in [-0.1, -0.05) is 49.2 Å². The summed E-state index contributed by atoms with van der Waals surface area (Å²) in [5, 5.41) is 0.539. The number of H-pyrrole nitrogens is 1. The van der Waals surface area contributed by atoms with Crippen LogP contribution >= 0.6 is 11.8 Å². The number of ether oxygens (including phenoxy) is 1. The number of nitrogens with zero attached hydrogens (tertiary/aromatic N) is 3. The maximum absolute atomic E-state index is 12.8. The highest BCUT2D eigenvalue weighted by molar-refractivity contribution is 7.99. The molecule has 2 heterocycles. The lowest BCUT2D eigenvalue weighted by Crippen LogP contribution is -2.39. The molecule has 1 aromatic heterocycles. The van der Waals surface area contributed by atoms with Gasteiger partial charge in [0, 0.05) is 44.7 Å². The maximum Gasteiger partial charge on any atom is 0.256 e. The fraction of sp³-hybridized carbons (Fsp3) is 0.542. The third-order valence-electron chi connectivity index (χ3n) is 6.56. The summed E-state index contributed by atoms with van der Waals surface area (Å²) < 4.78 is 5.46. The Labute approximate surface area is 193 Å². The minimum atomic E-state index is -0.102. The largest absolute Gasteiger partial charge is 0.496 e. The summed E-state index contributed by atoms with van der Waals surface area (Å²) in [6.45, 7) is 2.11.